The molecular formula is C26H25F4NO9P2. The average Bonchev–Trinajstić information content (AvgIpc) is 2.91. The van der Waals surface area contributed by atoms with Crippen LogP contribution in [0.15, 0.2) is 78.9 Å². The topological polar surface area (TPSA) is 181 Å². The summed E-state index contributed by atoms with van der Waals surface area (Å²) in [7, 11) is -11.8. The van der Waals surface area contributed by atoms with Crippen LogP contribution in [-0.4, -0.2) is 36.6 Å². The van der Waals surface area contributed by atoms with Crippen LogP contribution < -0.4 is 5.32 Å². The summed E-state index contributed by atoms with van der Waals surface area (Å²) in [5.41, 5.74) is -12.9. The zero-order chi connectivity index (χ0) is 31.6. The number of benzene rings is 3. The van der Waals surface area contributed by atoms with Crippen LogP contribution in [-0.2, 0) is 49.4 Å². The molecule has 0 fully saturated rings. The van der Waals surface area contributed by atoms with E-state index in [1.54, 1.807) is 30.3 Å². The molecule has 0 radical (unpaired) electrons. The van der Waals surface area contributed by atoms with Crippen LogP contribution in [0.2, 0.25) is 0 Å². The van der Waals surface area contributed by atoms with E-state index in [9.17, 15) is 41.4 Å². The van der Waals surface area contributed by atoms with Crippen molar-refractivity contribution in [3.63, 3.8) is 0 Å². The Hall–Kier alpha value is -3.38. The molecular weight excluding hydrogens is 608 g/mol. The molecule has 0 aliphatic carbocycles. The van der Waals surface area contributed by atoms with E-state index in [1.165, 1.54) is 0 Å². The van der Waals surface area contributed by atoms with Gasteiger partial charge in [0.1, 0.15) is 0 Å². The zero-order valence-corrected chi connectivity index (χ0v) is 23.2. The van der Waals surface area contributed by atoms with Gasteiger partial charge in [-0.15, -0.1) is 0 Å². The van der Waals surface area contributed by atoms with Gasteiger partial charge in [0, 0.05) is 17.7 Å². The SMILES string of the molecule is O=C(O)C(Cc1ccc(C(F)(F)P(=O)(O)O)cc1)(Cc1ccc(C(F)(F)P(=O)(O)O)cc1)C(=O)NCc1ccccc1. The number of alkyl halides is 4. The Morgan fingerprint density at radius 3 is 1.36 bits per heavy atom. The number of carboxylic acid groups (broad SMARTS) is 1. The molecule has 0 bridgehead atoms. The molecule has 3 aromatic rings. The molecule has 42 heavy (non-hydrogen) atoms. The Balaban J connectivity index is 2.01. The van der Waals surface area contributed by atoms with Crippen molar-refractivity contribution in [2.24, 2.45) is 5.41 Å². The van der Waals surface area contributed by atoms with Crippen LogP contribution in [0, 0.1) is 5.41 Å². The van der Waals surface area contributed by atoms with E-state index in [1.807, 2.05) is 0 Å². The highest BCUT2D eigenvalue weighted by molar-refractivity contribution is 7.52. The average molecular weight is 633 g/mol. The quantitative estimate of drug-likeness (QED) is 0.0962. The predicted octanol–water partition coefficient (Wildman–Crippen LogP) is 4.31. The third kappa shape index (κ3) is 6.97. The second-order valence-corrected chi connectivity index (χ2v) is 12.8. The highest BCUT2D eigenvalue weighted by Crippen LogP contribution is 2.60. The number of carbonyl (C=O) groups excluding carboxylic acids is 1. The molecule has 0 aliphatic rings. The summed E-state index contributed by atoms with van der Waals surface area (Å²) in [6, 6.07) is 15.0. The third-order valence-corrected chi connectivity index (χ3v) is 8.47. The Morgan fingerprint density at radius 2 is 1.02 bits per heavy atom. The fraction of sp³-hybridized carbons (Fsp3) is 0.231. The summed E-state index contributed by atoms with van der Waals surface area (Å²) in [5, 5.41) is 12.8. The summed E-state index contributed by atoms with van der Waals surface area (Å²) >= 11 is 0. The standard InChI is InChI=1S/C26H25F4NO9P2/c27-25(28,41(35,36)37)20-10-6-17(7-11-20)14-24(23(33)34,22(32)31-16-19-4-2-1-3-5-19)15-18-8-12-21(13-9-18)26(29,30)42(38,39)40/h1-13H,14-16H2,(H,31,32)(H,33,34)(H2,35,36,37)(H2,38,39,40). The maximum absolute atomic E-state index is 14.1. The van der Waals surface area contributed by atoms with Gasteiger partial charge in [-0.3, -0.25) is 18.7 Å². The Labute approximate surface area is 236 Å². The van der Waals surface area contributed by atoms with E-state index < -0.39 is 67.8 Å². The second-order valence-electron chi connectivity index (χ2n) is 9.47. The molecule has 0 aromatic heterocycles. The summed E-state index contributed by atoms with van der Waals surface area (Å²) in [4.78, 5) is 62.0. The van der Waals surface area contributed by atoms with E-state index in [0.29, 0.717) is 29.8 Å². The molecule has 0 atom stereocenters. The molecule has 226 valence electrons. The van der Waals surface area contributed by atoms with Gasteiger partial charge in [0.15, 0.2) is 5.41 Å². The second kappa shape index (κ2) is 12.1. The molecule has 0 unspecified atom stereocenters. The fourth-order valence-corrected chi connectivity index (χ4v) is 5.07. The lowest BCUT2D eigenvalue weighted by Gasteiger charge is -2.29. The van der Waals surface area contributed by atoms with Gasteiger partial charge in [0.05, 0.1) is 0 Å². The lowest BCUT2D eigenvalue weighted by atomic mass is 9.75. The minimum atomic E-state index is -5.88. The first-order valence-electron chi connectivity index (χ1n) is 11.9. The lowest BCUT2D eigenvalue weighted by molar-refractivity contribution is -0.156. The van der Waals surface area contributed by atoms with Crippen molar-refractivity contribution >= 4 is 27.1 Å². The molecule has 10 nitrogen and oxygen atoms in total. The third-order valence-electron chi connectivity index (χ3n) is 6.49. The van der Waals surface area contributed by atoms with E-state index in [0.717, 1.165) is 24.3 Å². The maximum atomic E-state index is 14.1. The van der Waals surface area contributed by atoms with E-state index in [4.69, 9.17) is 19.6 Å². The Bertz CT molecular complexity index is 1440. The van der Waals surface area contributed by atoms with Gasteiger partial charge in [-0.1, -0.05) is 78.9 Å². The van der Waals surface area contributed by atoms with Crippen molar-refractivity contribution in [1.82, 2.24) is 5.32 Å². The first-order valence-corrected chi connectivity index (χ1v) is 15.1. The normalized spacial score (nSPS) is 13.0. The summed E-state index contributed by atoms with van der Waals surface area (Å²) < 4.78 is 78.8. The van der Waals surface area contributed by atoms with E-state index in [2.05, 4.69) is 5.32 Å². The molecule has 0 spiro atoms. The van der Waals surface area contributed by atoms with Gasteiger partial charge < -0.3 is 30.0 Å². The number of hydrogen-bond donors (Lipinski definition) is 6. The Morgan fingerprint density at radius 1 is 0.643 bits per heavy atom. The van der Waals surface area contributed by atoms with Gasteiger partial charge in [0.2, 0.25) is 5.91 Å². The minimum absolute atomic E-state index is 0.0159. The summed E-state index contributed by atoms with van der Waals surface area (Å²) in [6.45, 7) is -0.102. The Kier molecular flexibility index (Phi) is 9.53. The molecule has 3 rings (SSSR count). The van der Waals surface area contributed by atoms with Gasteiger partial charge in [0.25, 0.3) is 0 Å². The van der Waals surface area contributed by atoms with E-state index in [-0.39, 0.29) is 17.7 Å². The first kappa shape index (κ1) is 33.1. The number of hydrogen-bond acceptors (Lipinski definition) is 4. The summed E-state index contributed by atoms with van der Waals surface area (Å²) in [6.07, 6.45) is -1.24. The highest BCUT2D eigenvalue weighted by Gasteiger charge is 2.52. The van der Waals surface area contributed by atoms with Crippen molar-refractivity contribution in [2.45, 2.75) is 30.7 Å². The van der Waals surface area contributed by atoms with Crippen LogP contribution in [0.3, 0.4) is 0 Å². The first-order chi connectivity index (χ1) is 19.3. The monoisotopic (exact) mass is 633 g/mol. The van der Waals surface area contributed by atoms with Gasteiger partial charge in [-0.05, 0) is 29.5 Å². The predicted molar refractivity (Wildman–Crippen MR) is 141 cm³/mol. The molecule has 16 heteroatoms. The molecule has 6 N–H and O–H groups in total. The number of rotatable bonds is 12. The van der Waals surface area contributed by atoms with Gasteiger partial charge in [-0.2, -0.15) is 17.6 Å². The number of aliphatic carboxylic acids is 1. The largest absolute Gasteiger partial charge is 0.480 e. The molecule has 0 heterocycles. The number of carboxylic acids is 1. The number of carbonyl (C=O) groups is 2. The number of amides is 1. The number of nitrogens with one attached hydrogen (secondary N) is 1. The minimum Gasteiger partial charge on any atom is -0.480 e. The molecule has 0 aliphatic heterocycles. The number of halogens is 4. The zero-order valence-electron chi connectivity index (χ0n) is 21.4. The summed E-state index contributed by atoms with van der Waals surface area (Å²) in [5.74, 6) is -2.68. The molecule has 0 saturated heterocycles. The van der Waals surface area contributed by atoms with Crippen LogP contribution >= 0.6 is 15.2 Å². The highest BCUT2D eigenvalue weighted by atomic mass is 31.2. The molecule has 3 aromatic carbocycles. The van der Waals surface area contributed by atoms with Gasteiger partial charge in [-0.25, -0.2) is 0 Å². The maximum Gasteiger partial charge on any atom is 0.399 e. The van der Waals surface area contributed by atoms with Crippen molar-refractivity contribution in [2.75, 3.05) is 0 Å². The van der Waals surface area contributed by atoms with Crippen molar-refractivity contribution in [1.29, 1.82) is 0 Å². The van der Waals surface area contributed by atoms with Crippen molar-refractivity contribution in [3.05, 3.63) is 107 Å². The van der Waals surface area contributed by atoms with E-state index >= 15 is 0 Å². The van der Waals surface area contributed by atoms with Crippen LogP contribution in [0.1, 0.15) is 27.8 Å². The lowest BCUT2D eigenvalue weighted by Crippen LogP contribution is -2.49. The molecule has 0 saturated carbocycles. The van der Waals surface area contributed by atoms with Crippen LogP contribution in [0.5, 0.6) is 0 Å². The van der Waals surface area contributed by atoms with Gasteiger partial charge >= 0.3 is 32.5 Å². The van der Waals surface area contributed by atoms with Crippen molar-refractivity contribution < 1.29 is 61.0 Å². The molecule has 1 amide bonds. The van der Waals surface area contributed by atoms with Crippen LogP contribution in [0.4, 0.5) is 17.6 Å². The fourth-order valence-electron chi connectivity index (χ4n) is 4.10. The van der Waals surface area contributed by atoms with Crippen LogP contribution in [0.25, 0.3) is 0 Å². The smallest absolute Gasteiger partial charge is 0.399 e. The van der Waals surface area contributed by atoms with Crippen molar-refractivity contribution in [3.8, 4) is 0 Å².